The maximum atomic E-state index is 12.1. The highest BCUT2D eigenvalue weighted by Gasteiger charge is 2.31. The molecular weight excluding hydrogens is 316 g/mol. The van der Waals surface area contributed by atoms with Crippen LogP contribution in [0.15, 0.2) is 0 Å². The van der Waals surface area contributed by atoms with Crippen LogP contribution >= 0.6 is 0 Å². The fourth-order valence-corrected chi connectivity index (χ4v) is 3.51. The second kappa shape index (κ2) is 8.23. The molecule has 1 N–H and O–H groups in total. The van der Waals surface area contributed by atoms with Crippen molar-refractivity contribution < 1.29 is 9.53 Å². The average molecular weight is 355 g/mol. The Balaban J connectivity index is 1.72. The number of rotatable bonds is 4. The second-order valence-electron chi connectivity index (χ2n) is 9.23. The summed E-state index contributed by atoms with van der Waals surface area (Å²) in [6, 6.07) is 0.491. The Morgan fingerprint density at radius 3 is 2.08 bits per heavy atom. The van der Waals surface area contributed by atoms with Crippen LogP contribution < -0.4 is 5.32 Å². The summed E-state index contributed by atoms with van der Waals surface area (Å²) < 4.78 is 5.47. The van der Waals surface area contributed by atoms with Gasteiger partial charge in [0.1, 0.15) is 5.60 Å². The molecule has 2 rings (SSSR count). The molecule has 0 aromatic heterocycles. The standard InChI is InChI=1S/C19H38N4O2/c1-18(2,3)25-17(24)22-9-7-16(8-10-22)20-15-19(4,5)23-13-11-21(6)12-14-23/h16,20H,7-15H2,1-6H3. The van der Waals surface area contributed by atoms with Gasteiger partial charge < -0.3 is 19.9 Å². The summed E-state index contributed by atoms with van der Waals surface area (Å²) in [6.07, 6.45) is 1.82. The zero-order valence-corrected chi connectivity index (χ0v) is 17.1. The number of carbonyl (C=O) groups is 1. The van der Waals surface area contributed by atoms with Crippen LogP contribution in [0.2, 0.25) is 0 Å². The van der Waals surface area contributed by atoms with E-state index in [9.17, 15) is 4.79 Å². The highest BCUT2D eigenvalue weighted by Crippen LogP contribution is 2.19. The quantitative estimate of drug-likeness (QED) is 0.837. The summed E-state index contributed by atoms with van der Waals surface area (Å²) in [6.45, 7) is 17.6. The van der Waals surface area contributed by atoms with E-state index in [1.54, 1.807) is 0 Å². The molecule has 25 heavy (non-hydrogen) atoms. The normalized spacial score (nSPS) is 22.2. The zero-order chi connectivity index (χ0) is 18.7. The van der Waals surface area contributed by atoms with Crippen molar-refractivity contribution in [2.24, 2.45) is 0 Å². The third kappa shape index (κ3) is 6.42. The molecule has 0 saturated carbocycles. The van der Waals surface area contributed by atoms with Crippen molar-refractivity contribution in [3.63, 3.8) is 0 Å². The Labute approximate surface area is 153 Å². The highest BCUT2D eigenvalue weighted by atomic mass is 16.6. The van der Waals surface area contributed by atoms with Gasteiger partial charge in [-0.15, -0.1) is 0 Å². The summed E-state index contributed by atoms with van der Waals surface area (Å²) in [5, 5.41) is 3.74. The van der Waals surface area contributed by atoms with Gasteiger partial charge in [-0.1, -0.05) is 0 Å². The van der Waals surface area contributed by atoms with Gasteiger partial charge >= 0.3 is 6.09 Å². The third-order valence-electron chi connectivity index (χ3n) is 5.33. The van der Waals surface area contributed by atoms with E-state index in [0.717, 1.165) is 58.7 Å². The SMILES string of the molecule is CN1CCN(C(C)(C)CNC2CCN(C(=O)OC(C)(C)C)CC2)CC1. The molecule has 0 aromatic carbocycles. The molecule has 6 heteroatoms. The lowest BCUT2D eigenvalue weighted by molar-refractivity contribution is 0.0187. The predicted octanol–water partition coefficient (Wildman–Crippen LogP) is 2.00. The molecule has 146 valence electrons. The third-order valence-corrected chi connectivity index (χ3v) is 5.33. The van der Waals surface area contributed by atoms with Crippen LogP contribution in [0.3, 0.4) is 0 Å². The molecule has 0 spiro atoms. The smallest absolute Gasteiger partial charge is 0.410 e. The average Bonchev–Trinajstić information content (AvgIpc) is 2.52. The first-order valence-corrected chi connectivity index (χ1v) is 9.72. The van der Waals surface area contributed by atoms with Crippen molar-refractivity contribution in [2.75, 3.05) is 52.9 Å². The summed E-state index contributed by atoms with van der Waals surface area (Å²) in [5.41, 5.74) is -0.248. The Morgan fingerprint density at radius 2 is 1.56 bits per heavy atom. The molecule has 6 nitrogen and oxygen atoms in total. The molecule has 1 amide bonds. The Bertz CT molecular complexity index is 431. The highest BCUT2D eigenvalue weighted by molar-refractivity contribution is 5.68. The largest absolute Gasteiger partial charge is 0.444 e. The van der Waals surface area contributed by atoms with Crippen molar-refractivity contribution in [3.05, 3.63) is 0 Å². The number of amides is 1. The van der Waals surface area contributed by atoms with Gasteiger partial charge in [-0.25, -0.2) is 4.79 Å². The lowest BCUT2D eigenvalue weighted by Crippen LogP contribution is -2.58. The molecule has 2 heterocycles. The Morgan fingerprint density at radius 1 is 1.00 bits per heavy atom. The molecule has 2 fully saturated rings. The van der Waals surface area contributed by atoms with E-state index < -0.39 is 5.60 Å². The van der Waals surface area contributed by atoms with Gasteiger partial charge in [-0.3, -0.25) is 4.90 Å². The minimum Gasteiger partial charge on any atom is -0.444 e. The van der Waals surface area contributed by atoms with Crippen LogP contribution in [0.5, 0.6) is 0 Å². The van der Waals surface area contributed by atoms with E-state index in [0.29, 0.717) is 6.04 Å². The van der Waals surface area contributed by atoms with Gasteiger partial charge in [0, 0.05) is 57.4 Å². The van der Waals surface area contributed by atoms with E-state index >= 15 is 0 Å². The molecule has 0 radical (unpaired) electrons. The van der Waals surface area contributed by atoms with Gasteiger partial charge in [0.25, 0.3) is 0 Å². The predicted molar refractivity (Wildman–Crippen MR) is 102 cm³/mol. The number of carbonyl (C=O) groups excluding carboxylic acids is 1. The number of piperidine rings is 1. The zero-order valence-electron chi connectivity index (χ0n) is 17.1. The fourth-order valence-electron chi connectivity index (χ4n) is 3.51. The topological polar surface area (TPSA) is 48.0 Å². The molecule has 0 unspecified atom stereocenters. The summed E-state index contributed by atoms with van der Waals surface area (Å²) in [5.74, 6) is 0. The van der Waals surface area contributed by atoms with E-state index in [4.69, 9.17) is 4.74 Å². The monoisotopic (exact) mass is 354 g/mol. The van der Waals surface area contributed by atoms with Crippen molar-refractivity contribution in [1.29, 1.82) is 0 Å². The van der Waals surface area contributed by atoms with E-state index in [1.165, 1.54) is 0 Å². The number of hydrogen-bond donors (Lipinski definition) is 1. The fraction of sp³-hybridized carbons (Fsp3) is 0.947. The molecule has 0 aliphatic carbocycles. The first-order valence-electron chi connectivity index (χ1n) is 9.72. The van der Waals surface area contributed by atoms with Crippen LogP contribution in [-0.2, 0) is 4.74 Å². The minimum atomic E-state index is -0.418. The number of nitrogens with one attached hydrogen (secondary N) is 1. The summed E-state index contributed by atoms with van der Waals surface area (Å²) in [4.78, 5) is 19.0. The number of nitrogens with zero attached hydrogens (tertiary/aromatic N) is 3. The molecule has 2 aliphatic heterocycles. The molecule has 0 bridgehead atoms. The van der Waals surface area contributed by atoms with Crippen molar-refractivity contribution in [1.82, 2.24) is 20.0 Å². The summed E-state index contributed by atoms with van der Waals surface area (Å²) >= 11 is 0. The number of hydrogen-bond acceptors (Lipinski definition) is 5. The molecule has 2 saturated heterocycles. The van der Waals surface area contributed by atoms with Gasteiger partial charge in [0.05, 0.1) is 0 Å². The van der Waals surface area contributed by atoms with Gasteiger partial charge in [-0.05, 0) is 54.5 Å². The van der Waals surface area contributed by atoms with E-state index in [2.05, 4.69) is 36.0 Å². The molecule has 0 aromatic rings. The minimum absolute atomic E-state index is 0.170. The van der Waals surface area contributed by atoms with Crippen molar-refractivity contribution in [2.45, 2.75) is 64.6 Å². The van der Waals surface area contributed by atoms with Crippen LogP contribution in [0.4, 0.5) is 4.79 Å². The first kappa shape index (κ1) is 20.5. The van der Waals surface area contributed by atoms with Crippen molar-refractivity contribution in [3.8, 4) is 0 Å². The number of likely N-dealkylation sites (tertiary alicyclic amines) is 1. The second-order valence-corrected chi connectivity index (χ2v) is 9.23. The van der Waals surface area contributed by atoms with Crippen LogP contribution in [-0.4, -0.2) is 90.8 Å². The molecular formula is C19H38N4O2. The first-order chi connectivity index (χ1) is 11.6. The van der Waals surface area contributed by atoms with Crippen LogP contribution in [0.1, 0.15) is 47.5 Å². The lowest BCUT2D eigenvalue weighted by Gasteiger charge is -2.44. The van der Waals surface area contributed by atoms with Gasteiger partial charge in [-0.2, -0.15) is 0 Å². The number of ether oxygens (including phenoxy) is 1. The van der Waals surface area contributed by atoms with Crippen LogP contribution in [0, 0.1) is 0 Å². The maximum absolute atomic E-state index is 12.1. The number of likely N-dealkylation sites (N-methyl/N-ethyl adjacent to an activating group) is 1. The lowest BCUT2D eigenvalue weighted by atomic mass is 9.99. The van der Waals surface area contributed by atoms with E-state index in [1.807, 2.05) is 25.7 Å². The Hall–Kier alpha value is -0.850. The number of piperazine rings is 1. The molecule has 0 atom stereocenters. The Kier molecular flexibility index (Phi) is 6.74. The maximum Gasteiger partial charge on any atom is 0.410 e. The summed E-state index contributed by atoms with van der Waals surface area (Å²) in [7, 11) is 2.20. The van der Waals surface area contributed by atoms with Crippen LogP contribution in [0.25, 0.3) is 0 Å². The van der Waals surface area contributed by atoms with Gasteiger partial charge in [0.2, 0.25) is 0 Å². The van der Waals surface area contributed by atoms with E-state index in [-0.39, 0.29) is 11.6 Å². The van der Waals surface area contributed by atoms with Gasteiger partial charge in [0.15, 0.2) is 0 Å². The molecule has 2 aliphatic rings. The van der Waals surface area contributed by atoms with Crippen molar-refractivity contribution >= 4 is 6.09 Å².